The molecule has 29 heavy (non-hydrogen) atoms. The van der Waals surface area contributed by atoms with Crippen molar-refractivity contribution >= 4 is 11.5 Å². The van der Waals surface area contributed by atoms with E-state index in [4.69, 9.17) is 4.42 Å². The molecule has 2 aliphatic rings. The lowest BCUT2D eigenvalue weighted by Crippen LogP contribution is -2.29. The van der Waals surface area contributed by atoms with Gasteiger partial charge in [-0.15, -0.1) is 10.2 Å². The second-order valence-corrected chi connectivity index (χ2v) is 7.11. The van der Waals surface area contributed by atoms with Gasteiger partial charge in [0.25, 0.3) is 5.89 Å². The zero-order chi connectivity index (χ0) is 20.6. The van der Waals surface area contributed by atoms with Crippen LogP contribution in [0, 0.1) is 10.1 Å². The molecule has 2 aliphatic heterocycles. The van der Waals surface area contributed by atoms with Crippen molar-refractivity contribution in [1.29, 1.82) is 0 Å². The van der Waals surface area contributed by atoms with E-state index in [1.807, 2.05) is 6.08 Å². The lowest BCUT2D eigenvalue weighted by Gasteiger charge is -2.25. The van der Waals surface area contributed by atoms with Gasteiger partial charge in [0.1, 0.15) is 11.7 Å². The Labute approximate surface area is 163 Å². The van der Waals surface area contributed by atoms with Crippen LogP contribution in [0.25, 0.3) is 11.6 Å². The second-order valence-electron chi connectivity index (χ2n) is 7.11. The highest BCUT2D eigenvalue weighted by molar-refractivity contribution is 5.65. The molecule has 0 aromatic carbocycles. The molecule has 0 N–H and O–H groups in total. The molecular formula is C18H18F3N5O3. The summed E-state index contributed by atoms with van der Waals surface area (Å²) in [6, 6.07) is 2.96. The number of anilines is 1. The summed E-state index contributed by atoms with van der Waals surface area (Å²) in [5.74, 6) is -2.43. The molecule has 11 heteroatoms. The number of hydrogen-bond donors (Lipinski definition) is 0. The standard InChI is InChI=1S/C18H18F3N5O3/c19-18(20,21)12-7-3-1-2-5-11-6-4-10-25(11)14-9-8-13(26(27)28)15(22-14)17-24-23-16(12)29-17/h1-2,8-9,11-12H,3-7,10H2. The van der Waals surface area contributed by atoms with Crippen molar-refractivity contribution in [1.82, 2.24) is 15.2 Å². The van der Waals surface area contributed by atoms with Crippen molar-refractivity contribution in [3.05, 3.63) is 40.3 Å². The molecule has 1 saturated heterocycles. The van der Waals surface area contributed by atoms with Crippen LogP contribution in [0.1, 0.15) is 43.9 Å². The lowest BCUT2D eigenvalue weighted by molar-refractivity contribution is -0.384. The van der Waals surface area contributed by atoms with Crippen LogP contribution in [0.3, 0.4) is 0 Å². The molecule has 2 unspecified atom stereocenters. The number of nitro groups is 1. The van der Waals surface area contributed by atoms with Crippen LogP contribution >= 0.6 is 0 Å². The summed E-state index contributed by atoms with van der Waals surface area (Å²) in [6.07, 6.45) is 1.54. The molecular weight excluding hydrogens is 391 g/mol. The minimum absolute atomic E-state index is 0.132. The highest BCUT2D eigenvalue weighted by Gasteiger charge is 2.44. The highest BCUT2D eigenvalue weighted by atomic mass is 19.4. The topological polar surface area (TPSA) is 98.2 Å². The second kappa shape index (κ2) is 7.45. The van der Waals surface area contributed by atoms with Crippen LogP contribution in [0.2, 0.25) is 0 Å². The van der Waals surface area contributed by atoms with Gasteiger partial charge in [-0.25, -0.2) is 4.98 Å². The molecule has 4 bridgehead atoms. The average Bonchev–Trinajstić information content (AvgIpc) is 3.32. The molecule has 0 saturated carbocycles. The number of halogens is 3. The van der Waals surface area contributed by atoms with Crippen molar-refractivity contribution in [2.24, 2.45) is 0 Å². The van der Waals surface area contributed by atoms with Gasteiger partial charge in [0.05, 0.1) is 4.92 Å². The van der Waals surface area contributed by atoms with Crippen LogP contribution < -0.4 is 4.90 Å². The van der Waals surface area contributed by atoms with E-state index in [2.05, 4.69) is 20.1 Å². The summed E-state index contributed by atoms with van der Waals surface area (Å²) in [6.45, 7) is 0.744. The van der Waals surface area contributed by atoms with Crippen LogP contribution in [-0.4, -0.2) is 38.9 Å². The van der Waals surface area contributed by atoms with Crippen LogP contribution in [0.5, 0.6) is 0 Å². The van der Waals surface area contributed by atoms with Crippen molar-refractivity contribution in [2.45, 2.75) is 50.2 Å². The maximum absolute atomic E-state index is 13.5. The van der Waals surface area contributed by atoms with Gasteiger partial charge in [0.2, 0.25) is 11.6 Å². The molecule has 2 aromatic heterocycles. The molecule has 0 aliphatic carbocycles. The summed E-state index contributed by atoms with van der Waals surface area (Å²) < 4.78 is 45.8. The molecule has 154 valence electrons. The normalized spacial score (nSPS) is 22.2. The number of rotatable bonds is 1. The molecule has 4 rings (SSSR count). The van der Waals surface area contributed by atoms with Gasteiger partial charge in [-0.3, -0.25) is 10.1 Å². The number of alkyl halides is 3. The van der Waals surface area contributed by atoms with E-state index in [0.29, 0.717) is 12.2 Å². The first-order valence-corrected chi connectivity index (χ1v) is 9.32. The van der Waals surface area contributed by atoms with Gasteiger partial charge in [-0.05, 0) is 38.2 Å². The minimum atomic E-state index is -4.57. The Kier molecular flexibility index (Phi) is 4.97. The molecule has 8 nitrogen and oxygen atoms in total. The highest BCUT2D eigenvalue weighted by Crippen LogP contribution is 2.40. The predicted octanol–water partition coefficient (Wildman–Crippen LogP) is 4.39. The average molecular weight is 409 g/mol. The molecule has 1 fully saturated rings. The van der Waals surface area contributed by atoms with Gasteiger partial charge < -0.3 is 9.32 Å². The minimum Gasteiger partial charge on any atom is -0.418 e. The van der Waals surface area contributed by atoms with Gasteiger partial charge in [0.15, 0.2) is 0 Å². The Balaban J connectivity index is 1.84. The van der Waals surface area contributed by atoms with E-state index >= 15 is 0 Å². The third-order valence-electron chi connectivity index (χ3n) is 5.26. The largest absolute Gasteiger partial charge is 0.418 e. The van der Waals surface area contributed by atoms with E-state index in [1.165, 1.54) is 6.07 Å². The number of pyridine rings is 1. The molecule has 2 atom stereocenters. The van der Waals surface area contributed by atoms with Gasteiger partial charge >= 0.3 is 11.9 Å². The van der Waals surface area contributed by atoms with Gasteiger partial charge in [0, 0.05) is 18.7 Å². The zero-order valence-electron chi connectivity index (χ0n) is 15.3. The Morgan fingerprint density at radius 2 is 2.03 bits per heavy atom. The van der Waals surface area contributed by atoms with E-state index < -0.39 is 28.6 Å². The Morgan fingerprint density at radius 3 is 2.79 bits per heavy atom. The fraction of sp³-hybridized carbons (Fsp3) is 0.500. The Morgan fingerprint density at radius 1 is 1.21 bits per heavy atom. The van der Waals surface area contributed by atoms with E-state index in [-0.39, 0.29) is 30.5 Å². The molecule has 0 spiro atoms. The molecule has 0 radical (unpaired) electrons. The van der Waals surface area contributed by atoms with E-state index in [9.17, 15) is 23.3 Å². The van der Waals surface area contributed by atoms with Crippen LogP contribution in [0.4, 0.5) is 24.7 Å². The first-order chi connectivity index (χ1) is 13.8. The van der Waals surface area contributed by atoms with Crippen molar-refractivity contribution in [2.75, 3.05) is 11.4 Å². The summed E-state index contributed by atoms with van der Waals surface area (Å²) in [5, 5.41) is 18.6. The fourth-order valence-electron chi connectivity index (χ4n) is 3.82. The van der Waals surface area contributed by atoms with E-state index in [0.717, 1.165) is 19.4 Å². The number of nitrogens with zero attached hydrogens (tertiary/aromatic N) is 5. The van der Waals surface area contributed by atoms with Crippen LogP contribution in [0.15, 0.2) is 28.7 Å². The smallest absolute Gasteiger partial charge is 0.400 e. The molecule has 4 heterocycles. The van der Waals surface area contributed by atoms with Gasteiger partial charge in [-0.1, -0.05) is 12.2 Å². The summed E-state index contributed by atoms with van der Waals surface area (Å²) in [4.78, 5) is 17.2. The Hall–Kier alpha value is -2.98. The summed E-state index contributed by atoms with van der Waals surface area (Å²) in [7, 11) is 0. The molecule has 0 amide bonds. The number of fused-ring (bicyclic) bond motifs is 7. The Bertz CT molecular complexity index is 943. The van der Waals surface area contributed by atoms with Gasteiger partial charge in [-0.2, -0.15) is 13.2 Å². The van der Waals surface area contributed by atoms with Crippen LogP contribution in [-0.2, 0) is 0 Å². The SMILES string of the molecule is O=[N+]([O-])c1ccc2nc1-c1nnc(o1)C(C(F)(F)F)CCC=CCC1CCCN21. The summed E-state index contributed by atoms with van der Waals surface area (Å²) in [5.41, 5.74) is -0.610. The maximum Gasteiger partial charge on any atom is 0.400 e. The quantitative estimate of drug-likeness (QED) is 0.391. The lowest BCUT2D eigenvalue weighted by atomic mass is 10.0. The van der Waals surface area contributed by atoms with E-state index in [1.54, 1.807) is 12.1 Å². The number of hydrogen-bond acceptors (Lipinski definition) is 7. The third kappa shape index (κ3) is 3.81. The summed E-state index contributed by atoms with van der Waals surface area (Å²) >= 11 is 0. The maximum atomic E-state index is 13.5. The fourth-order valence-corrected chi connectivity index (χ4v) is 3.82. The molecule has 2 aromatic rings. The first kappa shape index (κ1) is 19.3. The number of aromatic nitrogens is 3. The van der Waals surface area contributed by atoms with Crippen molar-refractivity contribution < 1.29 is 22.5 Å². The zero-order valence-corrected chi connectivity index (χ0v) is 15.3. The predicted molar refractivity (Wildman–Crippen MR) is 96.3 cm³/mol. The van der Waals surface area contributed by atoms with Crippen molar-refractivity contribution in [3.63, 3.8) is 0 Å². The third-order valence-corrected chi connectivity index (χ3v) is 5.26. The van der Waals surface area contributed by atoms with Crippen molar-refractivity contribution in [3.8, 4) is 11.6 Å². The number of allylic oxidation sites excluding steroid dienone is 1. The monoisotopic (exact) mass is 409 g/mol. The first-order valence-electron chi connectivity index (χ1n) is 9.32.